The van der Waals surface area contributed by atoms with Crippen LogP contribution in [0.3, 0.4) is 0 Å². The maximum Gasteiger partial charge on any atom is 0.303 e. The minimum Gasteiger partial charge on any atom is -0.481 e. The smallest absolute Gasteiger partial charge is 0.303 e. The molecular weight excluding hydrogens is 344 g/mol. The molecule has 0 bridgehead atoms. The van der Waals surface area contributed by atoms with E-state index >= 15 is 0 Å². The molecule has 0 heterocycles. The Bertz CT molecular complexity index is 711. The van der Waals surface area contributed by atoms with Gasteiger partial charge >= 0.3 is 5.97 Å². The number of nitrogens with zero attached hydrogens (tertiary/aromatic N) is 1. The van der Waals surface area contributed by atoms with Crippen LogP contribution < -0.4 is 4.72 Å². The standard InChI is InChI=1S/C17H24N2O5S/c1-19(12-2-3-17(21)22)16(20)11-6-13-4-9-15(10-5-13)25(23,24)18-14-7-8-14/h4-5,9-10,14,18H,2-3,6-8,11-12H2,1H3,(H,21,22). The molecule has 1 aliphatic carbocycles. The summed E-state index contributed by atoms with van der Waals surface area (Å²) in [4.78, 5) is 24.3. The van der Waals surface area contributed by atoms with Gasteiger partial charge in [0.1, 0.15) is 0 Å². The number of carbonyl (C=O) groups is 2. The first-order valence-electron chi connectivity index (χ1n) is 8.35. The fourth-order valence-corrected chi connectivity index (χ4v) is 3.66. The summed E-state index contributed by atoms with van der Waals surface area (Å²) >= 11 is 0. The number of hydrogen-bond acceptors (Lipinski definition) is 4. The van der Waals surface area contributed by atoms with Crippen molar-refractivity contribution in [2.24, 2.45) is 0 Å². The molecule has 1 aromatic rings. The van der Waals surface area contributed by atoms with E-state index in [-0.39, 0.29) is 23.3 Å². The summed E-state index contributed by atoms with van der Waals surface area (Å²) in [5.41, 5.74) is 0.887. The zero-order chi connectivity index (χ0) is 18.4. The number of amides is 1. The van der Waals surface area contributed by atoms with E-state index in [1.807, 2.05) is 0 Å². The van der Waals surface area contributed by atoms with Gasteiger partial charge in [0.15, 0.2) is 0 Å². The van der Waals surface area contributed by atoms with Gasteiger partial charge in [0.2, 0.25) is 15.9 Å². The van der Waals surface area contributed by atoms with Gasteiger partial charge < -0.3 is 10.0 Å². The zero-order valence-corrected chi connectivity index (χ0v) is 15.1. The minimum atomic E-state index is -3.45. The highest BCUT2D eigenvalue weighted by molar-refractivity contribution is 7.89. The second-order valence-corrected chi connectivity index (χ2v) is 8.07. The quantitative estimate of drug-likeness (QED) is 0.649. The largest absolute Gasteiger partial charge is 0.481 e. The van der Waals surface area contributed by atoms with Crippen molar-refractivity contribution in [3.63, 3.8) is 0 Å². The lowest BCUT2D eigenvalue weighted by molar-refractivity contribution is -0.138. The molecule has 0 aliphatic heterocycles. The van der Waals surface area contributed by atoms with Gasteiger partial charge in [-0.05, 0) is 43.4 Å². The van der Waals surface area contributed by atoms with Gasteiger partial charge in [-0.3, -0.25) is 9.59 Å². The Kier molecular flexibility index (Phi) is 6.55. The first-order chi connectivity index (χ1) is 11.8. The summed E-state index contributed by atoms with van der Waals surface area (Å²) < 4.78 is 26.8. The van der Waals surface area contributed by atoms with E-state index in [1.54, 1.807) is 31.3 Å². The summed E-state index contributed by atoms with van der Waals surface area (Å²) in [7, 11) is -1.79. The number of carboxylic acids is 1. The Morgan fingerprint density at radius 1 is 1.20 bits per heavy atom. The third kappa shape index (κ3) is 6.47. The number of hydrogen-bond donors (Lipinski definition) is 2. The maximum absolute atomic E-state index is 12.1. The lowest BCUT2D eigenvalue weighted by Crippen LogP contribution is -2.28. The lowest BCUT2D eigenvalue weighted by Gasteiger charge is -2.16. The van der Waals surface area contributed by atoms with Crippen LogP contribution in [-0.2, 0) is 26.0 Å². The number of sulfonamides is 1. The molecule has 0 spiro atoms. The number of nitrogens with one attached hydrogen (secondary N) is 1. The van der Waals surface area contributed by atoms with Crippen molar-refractivity contribution >= 4 is 21.9 Å². The summed E-state index contributed by atoms with van der Waals surface area (Å²) in [6.45, 7) is 0.412. The Morgan fingerprint density at radius 2 is 1.84 bits per heavy atom. The first-order valence-corrected chi connectivity index (χ1v) is 9.83. The van der Waals surface area contributed by atoms with Crippen LogP contribution in [0.15, 0.2) is 29.2 Å². The van der Waals surface area contributed by atoms with Crippen molar-refractivity contribution in [2.75, 3.05) is 13.6 Å². The van der Waals surface area contributed by atoms with Crippen LogP contribution >= 0.6 is 0 Å². The van der Waals surface area contributed by atoms with Gasteiger partial charge in [-0.1, -0.05) is 12.1 Å². The van der Waals surface area contributed by atoms with Gasteiger partial charge in [0, 0.05) is 32.5 Å². The van der Waals surface area contributed by atoms with Crippen molar-refractivity contribution in [3.05, 3.63) is 29.8 Å². The third-order valence-electron chi connectivity index (χ3n) is 4.07. The minimum absolute atomic E-state index is 0.0441. The molecule has 2 rings (SSSR count). The van der Waals surface area contributed by atoms with Crippen LogP contribution in [-0.4, -0.2) is 49.9 Å². The molecule has 0 aromatic heterocycles. The SMILES string of the molecule is CN(CCCC(=O)O)C(=O)CCc1ccc(S(=O)(=O)NC2CC2)cc1. The van der Waals surface area contributed by atoms with Gasteiger partial charge in [-0.25, -0.2) is 13.1 Å². The maximum atomic E-state index is 12.1. The number of aliphatic carboxylic acids is 1. The normalized spacial score (nSPS) is 14.3. The van der Waals surface area contributed by atoms with Crippen molar-refractivity contribution < 1.29 is 23.1 Å². The molecule has 0 unspecified atom stereocenters. The molecule has 138 valence electrons. The van der Waals surface area contributed by atoms with Gasteiger partial charge in [0.05, 0.1) is 4.90 Å². The van der Waals surface area contributed by atoms with E-state index in [1.165, 1.54) is 4.90 Å². The molecule has 0 atom stereocenters. The average molecular weight is 368 g/mol. The molecule has 1 fully saturated rings. The lowest BCUT2D eigenvalue weighted by atomic mass is 10.1. The van der Waals surface area contributed by atoms with Crippen LogP contribution in [0.5, 0.6) is 0 Å². The molecular formula is C17H24N2O5S. The number of rotatable bonds is 10. The van der Waals surface area contributed by atoms with Crippen molar-refractivity contribution in [1.82, 2.24) is 9.62 Å². The fourth-order valence-electron chi connectivity index (χ4n) is 2.36. The van der Waals surface area contributed by atoms with Crippen molar-refractivity contribution in [2.45, 2.75) is 49.5 Å². The summed E-state index contributed by atoms with van der Waals surface area (Å²) in [6, 6.07) is 6.62. The highest BCUT2D eigenvalue weighted by Gasteiger charge is 2.27. The van der Waals surface area contributed by atoms with Crippen LogP contribution in [0.2, 0.25) is 0 Å². The molecule has 1 aliphatic rings. The Hall–Kier alpha value is -1.93. The molecule has 1 aromatic carbocycles. The van der Waals surface area contributed by atoms with Crippen LogP contribution in [0.4, 0.5) is 0 Å². The molecule has 25 heavy (non-hydrogen) atoms. The highest BCUT2D eigenvalue weighted by Crippen LogP contribution is 2.22. The first kappa shape index (κ1) is 19.4. The topological polar surface area (TPSA) is 104 Å². The van der Waals surface area contributed by atoms with Crippen LogP contribution in [0.1, 0.15) is 37.7 Å². The molecule has 0 saturated heterocycles. The Balaban J connectivity index is 1.80. The fraction of sp³-hybridized carbons (Fsp3) is 0.529. The van der Waals surface area contributed by atoms with E-state index in [2.05, 4.69) is 4.72 Å². The number of benzene rings is 1. The Labute approximate surface area is 148 Å². The van der Waals surface area contributed by atoms with Gasteiger partial charge in [0.25, 0.3) is 0 Å². The molecule has 8 heteroatoms. The summed E-state index contributed by atoms with van der Waals surface area (Å²) in [6.07, 6.45) is 3.06. The molecule has 0 radical (unpaired) electrons. The summed E-state index contributed by atoms with van der Waals surface area (Å²) in [5.74, 6) is -0.926. The monoisotopic (exact) mass is 368 g/mol. The van der Waals surface area contributed by atoms with Crippen molar-refractivity contribution in [3.8, 4) is 0 Å². The Morgan fingerprint density at radius 3 is 2.40 bits per heavy atom. The third-order valence-corrected chi connectivity index (χ3v) is 5.61. The predicted molar refractivity (Wildman–Crippen MR) is 92.6 cm³/mol. The van der Waals surface area contributed by atoms with Crippen molar-refractivity contribution in [1.29, 1.82) is 0 Å². The second kappa shape index (κ2) is 8.44. The van der Waals surface area contributed by atoms with Gasteiger partial charge in [-0.15, -0.1) is 0 Å². The van der Waals surface area contributed by atoms with E-state index < -0.39 is 16.0 Å². The van der Waals surface area contributed by atoms with Crippen LogP contribution in [0, 0.1) is 0 Å². The van der Waals surface area contributed by atoms with E-state index in [4.69, 9.17) is 5.11 Å². The average Bonchev–Trinajstić information content (AvgIpc) is 3.35. The second-order valence-electron chi connectivity index (χ2n) is 6.35. The van der Waals surface area contributed by atoms with E-state index in [0.29, 0.717) is 25.8 Å². The van der Waals surface area contributed by atoms with Crippen LogP contribution in [0.25, 0.3) is 0 Å². The highest BCUT2D eigenvalue weighted by atomic mass is 32.2. The summed E-state index contributed by atoms with van der Waals surface area (Å²) in [5, 5.41) is 8.60. The number of aryl methyl sites for hydroxylation is 1. The number of carboxylic acid groups (broad SMARTS) is 1. The number of carbonyl (C=O) groups excluding carboxylic acids is 1. The zero-order valence-electron chi connectivity index (χ0n) is 14.3. The molecule has 1 amide bonds. The molecule has 2 N–H and O–H groups in total. The van der Waals surface area contributed by atoms with E-state index in [9.17, 15) is 18.0 Å². The van der Waals surface area contributed by atoms with Gasteiger partial charge in [-0.2, -0.15) is 0 Å². The molecule has 7 nitrogen and oxygen atoms in total. The predicted octanol–water partition coefficient (Wildman–Crippen LogP) is 1.38. The van der Waals surface area contributed by atoms with E-state index in [0.717, 1.165) is 18.4 Å². The molecule has 1 saturated carbocycles.